The Kier molecular flexibility index (Phi) is 5.53. The Hall–Kier alpha value is -3.78. The molecule has 1 aliphatic rings. The van der Waals surface area contributed by atoms with Crippen molar-refractivity contribution in [3.8, 4) is 28.6 Å². The number of pyridine rings is 1. The molecule has 0 N–H and O–H groups in total. The Labute approximate surface area is 198 Å². The van der Waals surface area contributed by atoms with E-state index in [1.165, 1.54) is 0 Å². The average molecular weight is 476 g/mol. The lowest BCUT2D eigenvalue weighted by Crippen LogP contribution is -2.36. The average Bonchev–Trinajstić information content (AvgIpc) is 3.44. The third-order valence-electron chi connectivity index (χ3n) is 5.83. The van der Waals surface area contributed by atoms with E-state index in [2.05, 4.69) is 25.5 Å². The minimum atomic E-state index is -2.08. The zero-order valence-corrected chi connectivity index (χ0v) is 20.1. The highest BCUT2D eigenvalue weighted by Crippen LogP contribution is 2.30. The van der Waals surface area contributed by atoms with Crippen LogP contribution >= 0.6 is 0 Å². The van der Waals surface area contributed by atoms with E-state index < -0.39 is 9.73 Å². The third kappa shape index (κ3) is 4.36. The van der Waals surface area contributed by atoms with Crippen LogP contribution in [-0.4, -0.2) is 65.2 Å². The number of anilines is 1. The Balaban J connectivity index is 1.47. The second-order valence-electron chi connectivity index (χ2n) is 8.75. The Morgan fingerprint density at radius 1 is 1.09 bits per heavy atom. The molecule has 4 aromatic heterocycles. The number of hydrogen-bond acceptors (Lipinski definition) is 8. The van der Waals surface area contributed by atoms with Gasteiger partial charge >= 0.3 is 0 Å². The van der Waals surface area contributed by atoms with Crippen molar-refractivity contribution in [2.24, 2.45) is 11.4 Å². The fraction of sp³-hybridized carbons (Fsp3) is 0.348. The highest BCUT2D eigenvalue weighted by Gasteiger charge is 2.21. The van der Waals surface area contributed by atoms with Crippen molar-refractivity contribution in [3.05, 3.63) is 48.7 Å². The zero-order chi connectivity index (χ0) is 23.9. The molecule has 5 rings (SSSR count). The molecule has 5 heterocycles. The summed E-state index contributed by atoms with van der Waals surface area (Å²) in [4.78, 5) is 11.8. The molecule has 0 bridgehead atoms. The van der Waals surface area contributed by atoms with Crippen LogP contribution in [0.3, 0.4) is 0 Å². The van der Waals surface area contributed by atoms with E-state index in [9.17, 15) is 9.47 Å². The van der Waals surface area contributed by atoms with Crippen molar-refractivity contribution in [1.29, 1.82) is 5.26 Å². The van der Waals surface area contributed by atoms with Gasteiger partial charge in [0.1, 0.15) is 23.0 Å². The summed E-state index contributed by atoms with van der Waals surface area (Å²) in [6, 6.07) is 6.30. The molecule has 1 fully saturated rings. The number of nitriles is 1. The molecule has 1 saturated heterocycles. The molecule has 11 heteroatoms. The molecule has 4 aromatic rings. The summed E-state index contributed by atoms with van der Waals surface area (Å²) in [5, 5.41) is 18.2. The van der Waals surface area contributed by atoms with E-state index in [0.29, 0.717) is 22.5 Å². The van der Waals surface area contributed by atoms with E-state index in [-0.39, 0.29) is 6.04 Å². The summed E-state index contributed by atoms with van der Waals surface area (Å²) in [6.07, 6.45) is 13.9. The van der Waals surface area contributed by atoms with E-state index in [1.807, 2.05) is 25.4 Å². The van der Waals surface area contributed by atoms with Gasteiger partial charge in [0.25, 0.3) is 0 Å². The molecule has 0 radical (unpaired) electrons. The Morgan fingerprint density at radius 3 is 2.50 bits per heavy atom. The van der Waals surface area contributed by atoms with Crippen LogP contribution in [0.1, 0.15) is 18.4 Å². The monoisotopic (exact) mass is 475 g/mol. The molecule has 0 atom stereocenters. The molecule has 0 unspecified atom stereocenters. The van der Waals surface area contributed by atoms with Gasteiger partial charge in [-0.25, -0.2) is 18.8 Å². The van der Waals surface area contributed by atoms with Gasteiger partial charge in [-0.2, -0.15) is 15.5 Å². The van der Waals surface area contributed by atoms with Crippen LogP contribution in [0.5, 0.6) is 0 Å². The van der Waals surface area contributed by atoms with Crippen molar-refractivity contribution in [1.82, 2.24) is 29.4 Å². The second-order valence-corrected chi connectivity index (χ2v) is 11.3. The summed E-state index contributed by atoms with van der Waals surface area (Å²) < 4.78 is 19.8. The number of aryl methyl sites for hydroxylation is 1. The quantitative estimate of drug-likeness (QED) is 0.445. The van der Waals surface area contributed by atoms with Crippen LogP contribution in [-0.2, 0) is 16.8 Å². The van der Waals surface area contributed by atoms with Gasteiger partial charge < -0.3 is 4.90 Å². The molecule has 1 aliphatic heterocycles. The van der Waals surface area contributed by atoms with E-state index in [4.69, 9.17) is 9.97 Å². The fourth-order valence-corrected chi connectivity index (χ4v) is 5.19. The van der Waals surface area contributed by atoms with Crippen LogP contribution in [0.15, 0.2) is 47.5 Å². The first-order valence-electron chi connectivity index (χ1n) is 11.0. The smallest absolute Gasteiger partial charge is 0.128 e. The van der Waals surface area contributed by atoms with Crippen molar-refractivity contribution < 1.29 is 4.21 Å². The van der Waals surface area contributed by atoms with Gasteiger partial charge in [0.2, 0.25) is 0 Å². The van der Waals surface area contributed by atoms with Crippen LogP contribution < -0.4 is 4.90 Å². The van der Waals surface area contributed by atoms with Crippen molar-refractivity contribution in [2.45, 2.75) is 18.9 Å². The van der Waals surface area contributed by atoms with Crippen LogP contribution in [0, 0.1) is 11.3 Å². The predicted octanol–water partition coefficient (Wildman–Crippen LogP) is 2.76. The van der Waals surface area contributed by atoms with Crippen LogP contribution in [0.25, 0.3) is 28.0 Å². The molecule has 10 nitrogen and oxygen atoms in total. The summed E-state index contributed by atoms with van der Waals surface area (Å²) in [5.41, 5.74) is 4.13. The molecule has 0 saturated carbocycles. The second kappa shape index (κ2) is 8.53. The highest BCUT2D eigenvalue weighted by molar-refractivity contribution is 7.92. The number of piperidine rings is 1. The number of nitrogens with zero attached hydrogens (tertiary/aromatic N) is 9. The molecular weight excluding hydrogens is 450 g/mol. The molecule has 0 aliphatic carbocycles. The molecular formula is C23H25N9OS. The molecule has 0 amide bonds. The van der Waals surface area contributed by atoms with Crippen LogP contribution in [0.2, 0.25) is 0 Å². The normalized spacial score (nSPS) is 14.9. The van der Waals surface area contributed by atoms with Gasteiger partial charge in [-0.3, -0.25) is 8.89 Å². The lowest BCUT2D eigenvalue weighted by atomic mass is 10.1. The van der Waals surface area contributed by atoms with Gasteiger partial charge in [-0.1, -0.05) is 0 Å². The minimum Gasteiger partial charge on any atom is -0.356 e. The third-order valence-corrected chi connectivity index (χ3v) is 6.64. The summed E-state index contributed by atoms with van der Waals surface area (Å²) in [6.45, 7) is 1.63. The van der Waals surface area contributed by atoms with Gasteiger partial charge in [-0.05, 0) is 25.0 Å². The first-order chi connectivity index (χ1) is 16.3. The Morgan fingerprint density at radius 2 is 1.88 bits per heavy atom. The maximum absolute atomic E-state index is 12.0. The largest absolute Gasteiger partial charge is 0.356 e. The van der Waals surface area contributed by atoms with Gasteiger partial charge in [0, 0.05) is 65.9 Å². The van der Waals surface area contributed by atoms with E-state index >= 15 is 0 Å². The number of rotatable bonds is 4. The highest BCUT2D eigenvalue weighted by atomic mass is 32.2. The predicted molar refractivity (Wildman–Crippen MR) is 131 cm³/mol. The van der Waals surface area contributed by atoms with E-state index in [1.54, 1.807) is 46.5 Å². The molecule has 34 heavy (non-hydrogen) atoms. The SMILES string of the molecule is Cn1cc(-c2cn3ncc(C#N)c3c(-c3ccc(N4CCC(N=S(C)(C)=O)CC4)nc3)n2)cn1. The molecule has 0 spiro atoms. The van der Waals surface area contributed by atoms with Gasteiger partial charge in [-0.15, -0.1) is 0 Å². The number of fused-ring (bicyclic) bond motifs is 1. The lowest BCUT2D eigenvalue weighted by molar-refractivity contribution is 0.502. The van der Waals surface area contributed by atoms with Crippen molar-refractivity contribution in [3.63, 3.8) is 0 Å². The van der Waals surface area contributed by atoms with Crippen LogP contribution in [0.4, 0.5) is 5.82 Å². The maximum atomic E-state index is 12.0. The standard InChI is InChI=1S/C23H25N9OS/c1-30-14-18(13-26-30)20-15-32-23(17(10-24)12-27-32)22(28-20)16-4-5-21(25-11-16)31-8-6-19(7-9-31)29-34(2,3)33/h4-5,11-15,19H,6-9H2,1-3H3. The van der Waals surface area contributed by atoms with Gasteiger partial charge in [0.05, 0.1) is 36.0 Å². The van der Waals surface area contributed by atoms with Gasteiger partial charge in [0.15, 0.2) is 0 Å². The van der Waals surface area contributed by atoms with E-state index in [0.717, 1.165) is 42.9 Å². The number of aromatic nitrogens is 6. The molecule has 0 aromatic carbocycles. The minimum absolute atomic E-state index is 0.136. The Bertz CT molecular complexity index is 1500. The van der Waals surface area contributed by atoms with Crippen molar-refractivity contribution in [2.75, 3.05) is 30.5 Å². The first kappa shape index (κ1) is 22.0. The zero-order valence-electron chi connectivity index (χ0n) is 19.3. The fourth-order valence-electron chi connectivity index (χ4n) is 4.26. The number of hydrogen-bond donors (Lipinski definition) is 0. The summed E-state index contributed by atoms with van der Waals surface area (Å²) in [7, 11) is -0.231. The first-order valence-corrected chi connectivity index (χ1v) is 13.3. The summed E-state index contributed by atoms with van der Waals surface area (Å²) >= 11 is 0. The maximum Gasteiger partial charge on any atom is 0.128 e. The summed E-state index contributed by atoms with van der Waals surface area (Å²) in [5.74, 6) is 0.879. The topological polar surface area (TPSA) is 117 Å². The van der Waals surface area contributed by atoms with Crippen molar-refractivity contribution >= 4 is 21.1 Å². The lowest BCUT2D eigenvalue weighted by Gasteiger charge is -2.31. The molecule has 174 valence electrons.